The van der Waals surface area contributed by atoms with Crippen molar-refractivity contribution >= 4 is 64.4 Å². The van der Waals surface area contributed by atoms with Crippen LogP contribution in [0.3, 0.4) is 0 Å². The number of fused-ring (bicyclic) bond motifs is 3. The molecule has 1 aliphatic rings. The monoisotopic (exact) mass is 704 g/mol. The zero-order valence-electron chi connectivity index (χ0n) is 22.5. The molecule has 2 aromatic heterocycles. The summed E-state index contributed by atoms with van der Waals surface area (Å²) in [5, 5.41) is 0. The highest BCUT2D eigenvalue weighted by Crippen LogP contribution is 2.48. The normalized spacial score (nSPS) is 13.5. The minimum atomic E-state index is -3.59. The smallest absolute Gasteiger partial charge is 0.207 e. The molecule has 5 rings (SSSR count). The van der Waals surface area contributed by atoms with Gasteiger partial charge in [-0.2, -0.15) is 0 Å². The first kappa shape index (κ1) is 29.2. The SMILES string of the molecule is CCCCCCc1cc(-c2ccc3c(c2)S(=O)(=O)c2cc(-c4cc(CCCCCC)c(Br)s4)ccc2-3)sc1Br. The summed E-state index contributed by atoms with van der Waals surface area (Å²) in [6, 6.07) is 16.3. The summed E-state index contributed by atoms with van der Waals surface area (Å²) in [6.07, 6.45) is 11.9. The van der Waals surface area contributed by atoms with Crippen molar-refractivity contribution in [2.75, 3.05) is 0 Å². The van der Waals surface area contributed by atoms with E-state index in [1.807, 2.05) is 24.3 Å². The number of hydrogen-bond donors (Lipinski definition) is 0. The Labute approximate surface area is 258 Å². The van der Waals surface area contributed by atoms with Crippen LogP contribution in [0.5, 0.6) is 0 Å². The first-order valence-corrected chi connectivity index (χ1v) is 18.6. The summed E-state index contributed by atoms with van der Waals surface area (Å²) in [7, 11) is -3.59. The Hall–Kier alpha value is -1.25. The number of halogens is 2. The molecule has 0 unspecified atom stereocenters. The van der Waals surface area contributed by atoms with Crippen molar-refractivity contribution in [3.05, 3.63) is 67.2 Å². The summed E-state index contributed by atoms with van der Waals surface area (Å²) < 4.78 is 29.9. The number of unbranched alkanes of at least 4 members (excludes halogenated alkanes) is 6. The lowest BCUT2D eigenvalue weighted by Crippen LogP contribution is -1.97. The van der Waals surface area contributed by atoms with Crippen LogP contribution in [-0.2, 0) is 22.7 Å². The van der Waals surface area contributed by atoms with E-state index >= 15 is 0 Å². The molecule has 0 bridgehead atoms. The fourth-order valence-electron chi connectivity index (χ4n) is 5.28. The molecule has 0 amide bonds. The molecule has 3 heterocycles. The predicted octanol–water partition coefficient (Wildman–Crippen LogP) is 11.7. The summed E-state index contributed by atoms with van der Waals surface area (Å²) in [4.78, 5) is 3.06. The highest BCUT2D eigenvalue weighted by Gasteiger charge is 2.34. The highest BCUT2D eigenvalue weighted by molar-refractivity contribution is 9.11. The van der Waals surface area contributed by atoms with Gasteiger partial charge in [0.25, 0.3) is 0 Å². The second-order valence-electron chi connectivity index (χ2n) is 10.4. The summed E-state index contributed by atoms with van der Waals surface area (Å²) in [5.74, 6) is 0. The quantitative estimate of drug-likeness (QED) is 0.121. The maximum atomic E-state index is 13.8. The van der Waals surface area contributed by atoms with Gasteiger partial charge in [-0.25, -0.2) is 8.42 Å². The number of aryl methyl sites for hydroxylation is 2. The van der Waals surface area contributed by atoms with Crippen LogP contribution < -0.4 is 0 Å². The van der Waals surface area contributed by atoms with Crippen LogP contribution >= 0.6 is 54.5 Å². The minimum absolute atomic E-state index is 0.421. The van der Waals surface area contributed by atoms with E-state index in [4.69, 9.17) is 0 Å². The van der Waals surface area contributed by atoms with Gasteiger partial charge in [0.1, 0.15) is 0 Å². The lowest BCUT2D eigenvalue weighted by molar-refractivity contribution is 0.599. The molecule has 0 aliphatic carbocycles. The zero-order chi connectivity index (χ0) is 27.6. The summed E-state index contributed by atoms with van der Waals surface area (Å²) in [6.45, 7) is 4.46. The zero-order valence-corrected chi connectivity index (χ0v) is 28.1. The molecule has 0 spiro atoms. The van der Waals surface area contributed by atoms with E-state index in [-0.39, 0.29) is 0 Å². The lowest BCUT2D eigenvalue weighted by atomic mass is 10.0. The van der Waals surface area contributed by atoms with Crippen LogP contribution in [0.25, 0.3) is 32.0 Å². The average molecular weight is 707 g/mol. The minimum Gasteiger partial charge on any atom is -0.218 e. The molecule has 0 saturated carbocycles. The van der Waals surface area contributed by atoms with Crippen LogP contribution in [0.4, 0.5) is 0 Å². The van der Waals surface area contributed by atoms with Gasteiger partial charge in [0, 0.05) is 20.9 Å². The first-order chi connectivity index (χ1) is 18.8. The van der Waals surface area contributed by atoms with Gasteiger partial charge in [-0.15, -0.1) is 22.7 Å². The van der Waals surface area contributed by atoms with E-state index in [2.05, 4.69) is 70.0 Å². The Morgan fingerprint density at radius 1 is 0.615 bits per heavy atom. The van der Waals surface area contributed by atoms with Crippen molar-refractivity contribution in [3.8, 4) is 32.0 Å². The maximum absolute atomic E-state index is 13.8. The number of rotatable bonds is 12. The van der Waals surface area contributed by atoms with Crippen LogP contribution in [0, 0.1) is 0 Å². The van der Waals surface area contributed by atoms with Crippen LogP contribution in [-0.4, -0.2) is 8.42 Å². The van der Waals surface area contributed by atoms with Gasteiger partial charge in [-0.05, 0) is 104 Å². The van der Waals surface area contributed by atoms with Gasteiger partial charge >= 0.3 is 0 Å². The Bertz CT molecular complexity index is 1470. The van der Waals surface area contributed by atoms with Crippen LogP contribution in [0.1, 0.15) is 76.3 Å². The Morgan fingerprint density at radius 3 is 1.46 bits per heavy atom. The van der Waals surface area contributed by atoms with Crippen LogP contribution in [0.15, 0.2) is 65.9 Å². The molecule has 206 valence electrons. The fourth-order valence-corrected chi connectivity index (χ4v) is 10.6. The molecule has 0 radical (unpaired) electrons. The molecular weight excluding hydrogens is 672 g/mol. The van der Waals surface area contributed by atoms with Crippen molar-refractivity contribution < 1.29 is 8.42 Å². The molecule has 0 saturated heterocycles. The van der Waals surface area contributed by atoms with Gasteiger partial charge in [-0.3, -0.25) is 0 Å². The number of thiophene rings is 2. The lowest BCUT2D eigenvalue weighted by Gasteiger charge is -2.03. The van der Waals surface area contributed by atoms with Crippen molar-refractivity contribution in [1.29, 1.82) is 0 Å². The van der Waals surface area contributed by atoms with Crippen LogP contribution in [0.2, 0.25) is 0 Å². The van der Waals surface area contributed by atoms with Gasteiger partial charge in [0.15, 0.2) is 0 Å². The van der Waals surface area contributed by atoms with E-state index in [0.29, 0.717) is 9.79 Å². The van der Waals surface area contributed by atoms with E-state index in [0.717, 1.165) is 52.4 Å². The molecule has 2 aromatic carbocycles. The van der Waals surface area contributed by atoms with Gasteiger partial charge in [-0.1, -0.05) is 76.6 Å². The second kappa shape index (κ2) is 12.7. The summed E-state index contributed by atoms with van der Waals surface area (Å²) >= 11 is 10.9. The molecule has 2 nitrogen and oxygen atoms in total. The Kier molecular flexibility index (Phi) is 9.54. The van der Waals surface area contributed by atoms with Crippen molar-refractivity contribution in [2.24, 2.45) is 0 Å². The largest absolute Gasteiger partial charge is 0.218 e. The number of hydrogen-bond acceptors (Lipinski definition) is 4. The van der Waals surface area contributed by atoms with E-state index in [1.54, 1.807) is 22.7 Å². The summed E-state index contributed by atoms with van der Waals surface area (Å²) in [5.41, 5.74) is 6.17. The van der Waals surface area contributed by atoms with Gasteiger partial charge < -0.3 is 0 Å². The molecule has 0 fully saturated rings. The highest BCUT2D eigenvalue weighted by atomic mass is 79.9. The predicted molar refractivity (Wildman–Crippen MR) is 175 cm³/mol. The molecule has 1 aliphatic heterocycles. The van der Waals surface area contributed by atoms with Gasteiger partial charge in [0.2, 0.25) is 9.84 Å². The number of sulfone groups is 1. The van der Waals surface area contributed by atoms with E-state index in [9.17, 15) is 8.42 Å². The Balaban J connectivity index is 1.40. The Morgan fingerprint density at radius 2 is 1.05 bits per heavy atom. The average Bonchev–Trinajstić information content (AvgIpc) is 3.56. The number of benzene rings is 2. The van der Waals surface area contributed by atoms with Crippen molar-refractivity contribution in [1.82, 2.24) is 0 Å². The second-order valence-corrected chi connectivity index (χ2v) is 17.0. The third kappa shape index (κ3) is 6.18. The standard InChI is InChI=1S/C32H34Br2O2S3/c1-3-5-7-9-11-23-17-27(37-31(23)33)21-13-15-25-26-16-14-22(20-30(26)39(35,36)29(25)19-21)28-18-24(32(34)38-28)12-10-8-6-4-2/h13-20H,3-12H2,1-2H3. The van der Waals surface area contributed by atoms with Crippen molar-refractivity contribution in [2.45, 2.75) is 87.8 Å². The van der Waals surface area contributed by atoms with E-state index < -0.39 is 9.84 Å². The third-order valence-corrected chi connectivity index (χ3v) is 13.4. The topological polar surface area (TPSA) is 34.1 Å². The molecule has 0 atom stereocenters. The molecule has 4 aromatic rings. The molecule has 0 N–H and O–H groups in total. The van der Waals surface area contributed by atoms with Crippen molar-refractivity contribution in [3.63, 3.8) is 0 Å². The van der Waals surface area contributed by atoms with E-state index in [1.165, 1.54) is 62.5 Å². The molecule has 39 heavy (non-hydrogen) atoms. The molecule has 7 heteroatoms. The maximum Gasteiger partial charge on any atom is 0.207 e. The third-order valence-electron chi connectivity index (χ3n) is 7.52. The molecular formula is C32H34Br2O2S3. The van der Waals surface area contributed by atoms with Gasteiger partial charge in [0.05, 0.1) is 17.4 Å². The first-order valence-electron chi connectivity index (χ1n) is 13.9. The fraction of sp³-hybridized carbons (Fsp3) is 0.375.